The van der Waals surface area contributed by atoms with Gasteiger partial charge in [-0.1, -0.05) is 12.1 Å². The molecule has 0 saturated carbocycles. The van der Waals surface area contributed by atoms with Crippen LogP contribution in [0, 0.1) is 23.1 Å². The molecule has 0 spiro atoms. The first-order valence-electron chi connectivity index (χ1n) is 8.00. The molecule has 0 aliphatic rings. The van der Waals surface area contributed by atoms with Gasteiger partial charge in [-0.15, -0.1) is 0 Å². The Morgan fingerprint density at radius 3 is 2.75 bits per heavy atom. The first-order valence-corrected chi connectivity index (χ1v) is 8.00. The van der Waals surface area contributed by atoms with Crippen molar-refractivity contribution in [2.75, 3.05) is 13.2 Å². The van der Waals surface area contributed by atoms with Crippen molar-refractivity contribution in [1.82, 2.24) is 5.32 Å². The van der Waals surface area contributed by atoms with Crippen molar-refractivity contribution in [2.45, 2.75) is 39.2 Å². The number of hydrogen-bond acceptors (Lipinski definition) is 4. The minimum Gasteiger partial charge on any atom is -0.379 e. The molecule has 0 saturated heterocycles. The van der Waals surface area contributed by atoms with E-state index in [4.69, 9.17) is 10.00 Å². The Hall–Kier alpha value is -2.26. The van der Waals surface area contributed by atoms with Crippen LogP contribution >= 0.6 is 0 Å². The number of nitriles is 1. The van der Waals surface area contributed by atoms with Crippen LogP contribution in [0.25, 0.3) is 0 Å². The molecule has 0 aliphatic heterocycles. The number of ketones is 1. The lowest BCUT2D eigenvalue weighted by atomic mass is 9.98. The number of hydrogen-bond donors (Lipinski definition) is 1. The van der Waals surface area contributed by atoms with Gasteiger partial charge in [0.25, 0.3) is 0 Å². The normalized spacial score (nSPS) is 11.8. The number of carbonyl (C=O) groups is 2. The zero-order chi connectivity index (χ0) is 17.9. The van der Waals surface area contributed by atoms with Crippen LogP contribution in [0.15, 0.2) is 24.3 Å². The molecule has 1 aromatic carbocycles. The molecule has 1 amide bonds. The molecule has 1 aromatic rings. The molecule has 1 rings (SSSR count). The summed E-state index contributed by atoms with van der Waals surface area (Å²) in [4.78, 5) is 24.0. The van der Waals surface area contributed by atoms with Crippen molar-refractivity contribution < 1.29 is 18.7 Å². The average Bonchev–Trinajstić information content (AvgIpc) is 2.53. The van der Waals surface area contributed by atoms with E-state index in [1.807, 2.05) is 13.8 Å². The third-order valence-electron chi connectivity index (χ3n) is 3.33. The summed E-state index contributed by atoms with van der Waals surface area (Å²) in [7, 11) is 0. The van der Waals surface area contributed by atoms with Crippen LogP contribution in [0.5, 0.6) is 0 Å². The molecule has 1 atom stereocenters. The molecule has 0 bridgehead atoms. The Balaban J connectivity index is 2.39. The number of carbonyl (C=O) groups excluding carboxylic acids is 2. The summed E-state index contributed by atoms with van der Waals surface area (Å²) < 4.78 is 18.4. The van der Waals surface area contributed by atoms with E-state index in [1.54, 1.807) is 18.2 Å². The predicted molar refractivity (Wildman–Crippen MR) is 87.5 cm³/mol. The van der Waals surface area contributed by atoms with Gasteiger partial charge in [0.2, 0.25) is 5.91 Å². The molecule has 0 radical (unpaired) electrons. The number of nitrogens with one attached hydrogen (secondary N) is 1. The molecular weight excluding hydrogens is 311 g/mol. The first kappa shape index (κ1) is 19.8. The van der Waals surface area contributed by atoms with Gasteiger partial charge in [-0.2, -0.15) is 5.26 Å². The molecule has 0 heterocycles. The molecule has 5 nitrogen and oxygen atoms in total. The molecule has 0 aromatic heterocycles. The minimum absolute atomic E-state index is 0.0194. The zero-order valence-corrected chi connectivity index (χ0v) is 14.0. The van der Waals surface area contributed by atoms with Crippen LogP contribution in [-0.4, -0.2) is 30.9 Å². The Labute approximate surface area is 141 Å². The highest BCUT2D eigenvalue weighted by molar-refractivity contribution is 6.03. The monoisotopic (exact) mass is 334 g/mol. The molecule has 1 unspecified atom stereocenters. The summed E-state index contributed by atoms with van der Waals surface area (Å²) in [6, 6.07) is 7.66. The maximum Gasteiger partial charge on any atom is 0.244 e. The van der Waals surface area contributed by atoms with Crippen molar-refractivity contribution >= 4 is 11.7 Å². The van der Waals surface area contributed by atoms with Gasteiger partial charge in [-0.3, -0.25) is 9.59 Å². The topological polar surface area (TPSA) is 79.2 Å². The summed E-state index contributed by atoms with van der Waals surface area (Å²) in [6.07, 6.45) is 1.05. The molecule has 0 fully saturated rings. The Kier molecular flexibility index (Phi) is 8.66. The zero-order valence-electron chi connectivity index (χ0n) is 14.0. The number of nitrogens with zero attached hydrogens (tertiary/aromatic N) is 1. The first-order chi connectivity index (χ1) is 11.4. The van der Waals surface area contributed by atoms with Crippen molar-refractivity contribution in [3.63, 3.8) is 0 Å². The van der Waals surface area contributed by atoms with Crippen molar-refractivity contribution in [1.29, 1.82) is 5.26 Å². The SMILES string of the molecule is CC(C)OCCCNC(=O)C(C#N)C(=O)CCc1cccc(F)c1. The van der Waals surface area contributed by atoms with E-state index in [2.05, 4.69) is 5.32 Å². The van der Waals surface area contributed by atoms with E-state index in [9.17, 15) is 14.0 Å². The van der Waals surface area contributed by atoms with E-state index in [0.29, 0.717) is 31.6 Å². The number of ether oxygens (including phenoxy) is 1. The van der Waals surface area contributed by atoms with Crippen LogP contribution in [0.1, 0.15) is 32.3 Å². The second kappa shape index (κ2) is 10.5. The third-order valence-corrected chi connectivity index (χ3v) is 3.33. The number of aryl methyl sites for hydroxylation is 1. The van der Waals surface area contributed by atoms with Gasteiger partial charge in [0.1, 0.15) is 5.82 Å². The van der Waals surface area contributed by atoms with E-state index < -0.39 is 17.6 Å². The maximum absolute atomic E-state index is 13.1. The van der Waals surface area contributed by atoms with Gasteiger partial charge in [0, 0.05) is 19.6 Å². The summed E-state index contributed by atoms with van der Waals surface area (Å²) in [5.41, 5.74) is 0.659. The Morgan fingerprint density at radius 1 is 1.38 bits per heavy atom. The molecule has 24 heavy (non-hydrogen) atoms. The van der Waals surface area contributed by atoms with Crippen LogP contribution in [0.4, 0.5) is 4.39 Å². The fourth-order valence-corrected chi connectivity index (χ4v) is 2.09. The van der Waals surface area contributed by atoms with Gasteiger partial charge in [-0.25, -0.2) is 4.39 Å². The van der Waals surface area contributed by atoms with Gasteiger partial charge in [0.05, 0.1) is 12.2 Å². The predicted octanol–water partition coefficient (Wildman–Crippen LogP) is 2.40. The largest absolute Gasteiger partial charge is 0.379 e. The lowest BCUT2D eigenvalue weighted by Crippen LogP contribution is -2.35. The van der Waals surface area contributed by atoms with E-state index >= 15 is 0 Å². The van der Waals surface area contributed by atoms with Crippen LogP contribution in [0.2, 0.25) is 0 Å². The fraction of sp³-hybridized carbons (Fsp3) is 0.500. The average molecular weight is 334 g/mol. The quantitative estimate of drug-likeness (QED) is 0.526. The minimum atomic E-state index is -1.33. The number of benzene rings is 1. The summed E-state index contributed by atoms with van der Waals surface area (Å²) in [5, 5.41) is 11.6. The smallest absolute Gasteiger partial charge is 0.244 e. The summed E-state index contributed by atoms with van der Waals surface area (Å²) in [6.45, 7) is 4.69. The van der Waals surface area contributed by atoms with Crippen molar-refractivity contribution in [3.8, 4) is 6.07 Å². The van der Waals surface area contributed by atoms with Gasteiger partial charge in [0.15, 0.2) is 11.7 Å². The van der Waals surface area contributed by atoms with Gasteiger partial charge >= 0.3 is 0 Å². The highest BCUT2D eigenvalue weighted by atomic mass is 19.1. The third kappa shape index (κ3) is 7.34. The molecular formula is C18H23FN2O3. The lowest BCUT2D eigenvalue weighted by Gasteiger charge is -2.11. The molecule has 6 heteroatoms. The molecule has 0 aliphatic carbocycles. The molecule has 1 N–H and O–H groups in total. The van der Waals surface area contributed by atoms with Crippen LogP contribution in [0.3, 0.4) is 0 Å². The van der Waals surface area contributed by atoms with Crippen LogP contribution < -0.4 is 5.32 Å². The van der Waals surface area contributed by atoms with Crippen molar-refractivity contribution in [2.24, 2.45) is 5.92 Å². The lowest BCUT2D eigenvalue weighted by molar-refractivity contribution is -0.131. The van der Waals surface area contributed by atoms with Crippen molar-refractivity contribution in [3.05, 3.63) is 35.6 Å². The fourth-order valence-electron chi connectivity index (χ4n) is 2.09. The maximum atomic E-state index is 13.1. The number of halogens is 1. The summed E-state index contributed by atoms with van der Waals surface area (Å²) >= 11 is 0. The highest BCUT2D eigenvalue weighted by Gasteiger charge is 2.25. The van der Waals surface area contributed by atoms with Crippen LogP contribution in [-0.2, 0) is 20.7 Å². The Bertz CT molecular complexity index is 596. The summed E-state index contributed by atoms with van der Waals surface area (Å²) in [5.74, 6) is -2.76. The number of Topliss-reactive ketones (excluding diaryl/α,β-unsaturated/α-hetero) is 1. The second-order valence-electron chi connectivity index (χ2n) is 5.72. The number of rotatable bonds is 10. The van der Waals surface area contributed by atoms with Gasteiger partial charge < -0.3 is 10.1 Å². The standard InChI is InChI=1S/C18H23FN2O3/c1-13(2)24-10-4-9-21-18(23)16(12-20)17(22)8-7-14-5-3-6-15(19)11-14/h3,5-6,11,13,16H,4,7-10H2,1-2H3,(H,21,23). The van der Waals surface area contributed by atoms with E-state index in [-0.39, 0.29) is 18.3 Å². The molecule has 130 valence electrons. The van der Waals surface area contributed by atoms with Gasteiger partial charge in [-0.05, 0) is 44.4 Å². The number of amides is 1. The van der Waals surface area contributed by atoms with E-state index in [0.717, 1.165) is 0 Å². The second-order valence-corrected chi connectivity index (χ2v) is 5.72. The highest BCUT2D eigenvalue weighted by Crippen LogP contribution is 2.09. The Morgan fingerprint density at radius 2 is 2.12 bits per heavy atom. The van der Waals surface area contributed by atoms with E-state index in [1.165, 1.54) is 12.1 Å².